The van der Waals surface area contributed by atoms with E-state index in [1.807, 2.05) is 0 Å². The third kappa shape index (κ3) is 4.60. The highest BCUT2D eigenvalue weighted by atomic mass is 15.3. The van der Waals surface area contributed by atoms with Gasteiger partial charge in [0.05, 0.1) is 5.69 Å². The van der Waals surface area contributed by atoms with E-state index in [2.05, 4.69) is 53.5 Å². The van der Waals surface area contributed by atoms with Crippen LogP contribution in [0.15, 0.2) is 6.20 Å². The second kappa shape index (κ2) is 8.01. The normalized spacial score (nSPS) is 23.8. The summed E-state index contributed by atoms with van der Waals surface area (Å²) in [6, 6.07) is 0.707. The molecule has 1 aromatic rings. The van der Waals surface area contributed by atoms with Crippen molar-refractivity contribution < 1.29 is 0 Å². The van der Waals surface area contributed by atoms with E-state index in [4.69, 9.17) is 0 Å². The minimum absolute atomic E-state index is 0.707. The van der Waals surface area contributed by atoms with Gasteiger partial charge in [0.25, 0.3) is 0 Å². The van der Waals surface area contributed by atoms with Crippen LogP contribution in [0.25, 0.3) is 0 Å². The van der Waals surface area contributed by atoms with Crippen molar-refractivity contribution in [1.82, 2.24) is 19.6 Å². The van der Waals surface area contributed by atoms with Gasteiger partial charge in [0.15, 0.2) is 0 Å². The molecule has 1 atom stereocenters. The van der Waals surface area contributed by atoms with Gasteiger partial charge in [-0.15, -0.1) is 0 Å². The van der Waals surface area contributed by atoms with Crippen LogP contribution in [0.1, 0.15) is 57.7 Å². The van der Waals surface area contributed by atoms with Crippen LogP contribution < -0.4 is 0 Å². The lowest BCUT2D eigenvalue weighted by Crippen LogP contribution is -2.45. The first-order valence-corrected chi connectivity index (χ1v) is 10.1. The SMILES string of the molecule is CCCn1cc(CN2CCCN(CC3CC3)C(C(C)C)C2)c(C)n1. The standard InChI is InChI=1S/C20H36N4/c1-5-9-24-14-19(17(4)21-24)13-22-10-6-11-23(12-18-7-8-18)20(15-22)16(2)3/h14,16,18,20H,5-13,15H2,1-4H3. The van der Waals surface area contributed by atoms with Crippen LogP contribution >= 0.6 is 0 Å². The van der Waals surface area contributed by atoms with Crippen LogP contribution in [0, 0.1) is 18.8 Å². The van der Waals surface area contributed by atoms with E-state index >= 15 is 0 Å². The molecule has 136 valence electrons. The van der Waals surface area contributed by atoms with Crippen molar-refractivity contribution in [1.29, 1.82) is 0 Å². The van der Waals surface area contributed by atoms with E-state index in [0.717, 1.165) is 31.3 Å². The molecule has 2 fully saturated rings. The minimum Gasteiger partial charge on any atom is -0.299 e. The van der Waals surface area contributed by atoms with Gasteiger partial charge in [-0.05, 0) is 57.5 Å². The first kappa shape index (κ1) is 17.9. The molecule has 4 heteroatoms. The number of nitrogens with zero attached hydrogens (tertiary/aromatic N) is 4. The molecule has 1 aliphatic carbocycles. The maximum Gasteiger partial charge on any atom is 0.0638 e. The minimum atomic E-state index is 0.707. The fraction of sp³-hybridized carbons (Fsp3) is 0.850. The summed E-state index contributed by atoms with van der Waals surface area (Å²) in [6.45, 7) is 16.3. The van der Waals surface area contributed by atoms with Crippen molar-refractivity contribution in [3.63, 3.8) is 0 Å². The zero-order valence-corrected chi connectivity index (χ0v) is 16.2. The smallest absolute Gasteiger partial charge is 0.0638 e. The summed E-state index contributed by atoms with van der Waals surface area (Å²) < 4.78 is 2.13. The van der Waals surface area contributed by atoms with E-state index in [9.17, 15) is 0 Å². The summed E-state index contributed by atoms with van der Waals surface area (Å²) in [7, 11) is 0. The summed E-state index contributed by atoms with van der Waals surface area (Å²) in [5, 5.41) is 4.69. The van der Waals surface area contributed by atoms with Crippen molar-refractivity contribution in [3.05, 3.63) is 17.5 Å². The van der Waals surface area contributed by atoms with Gasteiger partial charge < -0.3 is 0 Å². The zero-order valence-electron chi connectivity index (χ0n) is 16.2. The number of hydrogen-bond donors (Lipinski definition) is 0. The lowest BCUT2D eigenvalue weighted by atomic mass is 10.0. The highest BCUT2D eigenvalue weighted by Gasteiger charge is 2.32. The van der Waals surface area contributed by atoms with Gasteiger partial charge >= 0.3 is 0 Å². The van der Waals surface area contributed by atoms with Gasteiger partial charge in [-0.3, -0.25) is 14.5 Å². The molecule has 1 saturated heterocycles. The monoisotopic (exact) mass is 332 g/mol. The molecule has 4 nitrogen and oxygen atoms in total. The van der Waals surface area contributed by atoms with Gasteiger partial charge in [-0.25, -0.2) is 0 Å². The summed E-state index contributed by atoms with van der Waals surface area (Å²) in [6.07, 6.45) is 7.64. The topological polar surface area (TPSA) is 24.3 Å². The van der Waals surface area contributed by atoms with E-state index in [0.29, 0.717) is 6.04 Å². The Morgan fingerprint density at radius 1 is 1.25 bits per heavy atom. The van der Waals surface area contributed by atoms with Crippen molar-refractivity contribution in [2.24, 2.45) is 11.8 Å². The molecule has 2 heterocycles. The predicted octanol–water partition coefficient (Wildman–Crippen LogP) is 3.54. The molecule has 1 aliphatic heterocycles. The van der Waals surface area contributed by atoms with Gasteiger partial charge in [-0.2, -0.15) is 5.10 Å². The quantitative estimate of drug-likeness (QED) is 0.763. The Balaban J connectivity index is 1.65. The lowest BCUT2D eigenvalue weighted by molar-refractivity contribution is 0.132. The van der Waals surface area contributed by atoms with Gasteiger partial charge in [0.1, 0.15) is 0 Å². The van der Waals surface area contributed by atoms with E-state index in [-0.39, 0.29) is 0 Å². The maximum absolute atomic E-state index is 4.69. The Kier molecular flexibility index (Phi) is 5.98. The van der Waals surface area contributed by atoms with E-state index in [1.54, 1.807) is 0 Å². The molecule has 1 aromatic heterocycles. The molecule has 0 spiro atoms. The molecule has 0 bridgehead atoms. The average Bonchev–Trinajstić information content (AvgIpc) is 3.30. The van der Waals surface area contributed by atoms with Gasteiger partial charge in [-0.1, -0.05) is 20.8 Å². The molecular weight excluding hydrogens is 296 g/mol. The molecule has 0 radical (unpaired) electrons. The second-order valence-corrected chi connectivity index (χ2v) is 8.34. The number of rotatable bonds is 7. The van der Waals surface area contributed by atoms with E-state index < -0.39 is 0 Å². The Morgan fingerprint density at radius 2 is 2.04 bits per heavy atom. The van der Waals surface area contributed by atoms with Crippen LogP contribution in [-0.2, 0) is 13.1 Å². The fourth-order valence-electron chi connectivity index (χ4n) is 4.07. The maximum atomic E-state index is 4.69. The molecule has 0 aromatic carbocycles. The molecule has 2 aliphatic rings. The molecule has 0 N–H and O–H groups in total. The van der Waals surface area contributed by atoms with Crippen molar-refractivity contribution in [2.45, 2.75) is 72.5 Å². The lowest BCUT2D eigenvalue weighted by Gasteiger charge is -2.34. The molecule has 0 amide bonds. The Morgan fingerprint density at radius 3 is 2.71 bits per heavy atom. The first-order chi connectivity index (χ1) is 11.6. The van der Waals surface area contributed by atoms with Gasteiger partial charge in [0.2, 0.25) is 0 Å². The highest BCUT2D eigenvalue weighted by molar-refractivity contribution is 5.15. The zero-order chi connectivity index (χ0) is 17.1. The summed E-state index contributed by atoms with van der Waals surface area (Å²) in [4.78, 5) is 5.48. The summed E-state index contributed by atoms with van der Waals surface area (Å²) in [5.74, 6) is 1.72. The highest BCUT2D eigenvalue weighted by Crippen LogP contribution is 2.32. The Labute approximate surface area is 148 Å². The van der Waals surface area contributed by atoms with Crippen molar-refractivity contribution in [2.75, 3.05) is 26.2 Å². The number of hydrogen-bond acceptors (Lipinski definition) is 3. The van der Waals surface area contributed by atoms with E-state index in [1.165, 1.54) is 56.7 Å². The fourth-order valence-corrected chi connectivity index (χ4v) is 4.07. The largest absolute Gasteiger partial charge is 0.299 e. The first-order valence-electron chi connectivity index (χ1n) is 10.1. The molecule has 3 rings (SSSR count). The summed E-state index contributed by atoms with van der Waals surface area (Å²) >= 11 is 0. The van der Waals surface area contributed by atoms with Crippen molar-refractivity contribution in [3.8, 4) is 0 Å². The van der Waals surface area contributed by atoms with Crippen molar-refractivity contribution >= 4 is 0 Å². The third-order valence-corrected chi connectivity index (χ3v) is 5.69. The molecular formula is C20H36N4. The predicted molar refractivity (Wildman–Crippen MR) is 100 cm³/mol. The number of aromatic nitrogens is 2. The molecule has 1 saturated carbocycles. The van der Waals surface area contributed by atoms with Crippen LogP contribution in [0.5, 0.6) is 0 Å². The Hall–Kier alpha value is -0.870. The van der Waals surface area contributed by atoms with Crippen LogP contribution in [-0.4, -0.2) is 51.8 Å². The summed E-state index contributed by atoms with van der Waals surface area (Å²) in [5.41, 5.74) is 2.63. The van der Waals surface area contributed by atoms with Gasteiger partial charge in [0, 0.05) is 44.0 Å². The van der Waals surface area contributed by atoms with Crippen LogP contribution in [0.4, 0.5) is 0 Å². The van der Waals surface area contributed by atoms with Crippen LogP contribution in [0.3, 0.4) is 0 Å². The second-order valence-electron chi connectivity index (χ2n) is 8.34. The number of aryl methyl sites for hydroxylation is 2. The molecule has 24 heavy (non-hydrogen) atoms. The Bertz CT molecular complexity index is 518. The average molecular weight is 333 g/mol. The molecule has 1 unspecified atom stereocenters. The van der Waals surface area contributed by atoms with Crippen LogP contribution in [0.2, 0.25) is 0 Å². The third-order valence-electron chi connectivity index (χ3n) is 5.69.